The summed E-state index contributed by atoms with van der Waals surface area (Å²) in [5, 5.41) is 43.3. The van der Waals surface area contributed by atoms with Crippen LogP contribution in [0, 0.1) is 0 Å². The van der Waals surface area contributed by atoms with Crippen LogP contribution in [-0.4, -0.2) is 138 Å². The predicted molar refractivity (Wildman–Crippen MR) is 423 cm³/mol. The number of aromatic nitrogens is 20. The van der Waals surface area contributed by atoms with Gasteiger partial charge in [-0.15, -0.1) is 30.6 Å². The molecule has 0 saturated carbocycles. The monoisotopic (exact) mass is 1400 g/mol. The first-order valence-electron chi connectivity index (χ1n) is 34.7. The third kappa shape index (κ3) is 29.4. The molecule has 0 aliphatic rings. The zero-order valence-electron chi connectivity index (χ0n) is 62.8. The van der Waals surface area contributed by atoms with Crippen molar-refractivity contribution in [3.05, 3.63) is 170 Å². The summed E-state index contributed by atoms with van der Waals surface area (Å²) in [4.78, 5) is 32.8. The first-order chi connectivity index (χ1) is 49.9. The van der Waals surface area contributed by atoms with Gasteiger partial charge in [-0.3, -0.25) is 0 Å². The maximum Gasteiger partial charge on any atom is 0.244 e. The lowest BCUT2D eigenvalue weighted by atomic mass is 10.3. The highest BCUT2D eigenvalue weighted by molar-refractivity contribution is 5.46. The molecule has 12 rings (SSSR count). The number of para-hydroxylation sites is 4. The lowest BCUT2D eigenvalue weighted by Crippen LogP contribution is -2.06. The molecule has 0 bridgehead atoms. The van der Waals surface area contributed by atoms with Crippen LogP contribution in [0.25, 0.3) is 34.4 Å². The molecule has 32 heteroatoms. The molecule has 0 unspecified atom stereocenters. The van der Waals surface area contributed by atoms with Crippen molar-refractivity contribution in [2.45, 2.75) is 125 Å². The van der Waals surface area contributed by atoms with Crippen LogP contribution in [0.5, 0.6) is 0 Å². The maximum atomic E-state index is 5.75. The van der Waals surface area contributed by atoms with Crippen LogP contribution in [0.15, 0.2) is 170 Å². The molecule has 4 aromatic carbocycles. The van der Waals surface area contributed by atoms with Crippen LogP contribution < -0.4 is 66.3 Å². The second-order valence-electron chi connectivity index (χ2n) is 18.1. The van der Waals surface area contributed by atoms with Crippen molar-refractivity contribution in [1.29, 1.82) is 0 Å². The summed E-state index contributed by atoms with van der Waals surface area (Å²) in [5.41, 5.74) is 37.8. The molecular formula is C70H112N32. The van der Waals surface area contributed by atoms with Gasteiger partial charge in [-0.2, -0.15) is 58.0 Å². The SMILES string of the molecule is CC.CC.CC.CC.CC.CC.CCNc1nc(N)n(-c2ccccc2)n1.CCNc1nc(N)n(-c2ccccc2)n1.CCNc1nc(N)n(-c2ccccn2)n1.CCNc1nc(N)n(-c2ccccn2)n1.CCNc1nc(N)nn1-c1ccccc1.CCNc1nc(N)nn1-c1ccccc1. The quantitative estimate of drug-likeness (QED) is 0.0379. The molecule has 0 spiro atoms. The van der Waals surface area contributed by atoms with E-state index in [9.17, 15) is 0 Å². The van der Waals surface area contributed by atoms with Crippen molar-refractivity contribution in [2.75, 3.05) is 106 Å². The lowest BCUT2D eigenvalue weighted by Gasteiger charge is -2.05. The fourth-order valence-electron chi connectivity index (χ4n) is 7.74. The highest BCUT2D eigenvalue weighted by atomic mass is 15.5. The van der Waals surface area contributed by atoms with Crippen molar-refractivity contribution in [2.24, 2.45) is 0 Å². The lowest BCUT2D eigenvalue weighted by molar-refractivity contribution is 0.856. The Labute approximate surface area is 602 Å². The van der Waals surface area contributed by atoms with Crippen molar-refractivity contribution < 1.29 is 0 Å². The predicted octanol–water partition coefficient (Wildman–Crippen LogP) is 12.6. The topological polar surface area (TPSA) is 438 Å². The standard InChI is InChI=1S/4C10H13N5.2C9H12N6.6C2H6/c2*1-2-12-10-13-9(11)15(14-10)8-6-4-3-5-7-8;2*1-2-12-10-13-9(11)14-15(10)8-6-4-3-5-7-8;2*1-2-11-9-13-8(10)15(14-9)7-5-3-4-6-12-7;6*1-2/h4*3-7H,2H2,1H3,(H3,11,12,13,14);2*3-6H,2H2,1H3,(H3,10,11,13,14);6*1-2H3. The Morgan fingerprint density at radius 2 is 0.480 bits per heavy atom. The van der Waals surface area contributed by atoms with Gasteiger partial charge in [0.15, 0.2) is 11.6 Å². The van der Waals surface area contributed by atoms with Gasteiger partial charge in [0, 0.05) is 51.7 Å². The molecule has 0 radical (unpaired) electrons. The summed E-state index contributed by atoms with van der Waals surface area (Å²) >= 11 is 0. The minimum atomic E-state index is 0.273. The Kier molecular flexibility index (Phi) is 45.3. The van der Waals surface area contributed by atoms with Gasteiger partial charge in [0.1, 0.15) is 0 Å². The second kappa shape index (κ2) is 52.7. The van der Waals surface area contributed by atoms with E-state index in [1.807, 2.05) is 282 Å². The minimum absolute atomic E-state index is 0.273. The van der Waals surface area contributed by atoms with E-state index in [0.29, 0.717) is 71.1 Å². The number of hydrogen-bond donors (Lipinski definition) is 12. The van der Waals surface area contributed by atoms with Gasteiger partial charge in [-0.25, -0.2) is 9.97 Å². The molecule has 8 aromatic heterocycles. The van der Waals surface area contributed by atoms with Crippen molar-refractivity contribution in [1.82, 2.24) is 98.6 Å². The van der Waals surface area contributed by atoms with Gasteiger partial charge in [0.25, 0.3) is 0 Å². The molecule has 0 aliphatic carbocycles. The maximum absolute atomic E-state index is 5.75. The fourth-order valence-corrected chi connectivity index (χ4v) is 7.74. The smallest absolute Gasteiger partial charge is 0.244 e. The first kappa shape index (κ1) is 87.6. The van der Waals surface area contributed by atoms with Crippen LogP contribution in [0.1, 0.15) is 125 Å². The van der Waals surface area contributed by atoms with Crippen LogP contribution in [0.2, 0.25) is 0 Å². The summed E-state index contributed by atoms with van der Waals surface area (Å²) in [6, 6.07) is 49.9. The van der Waals surface area contributed by atoms with Crippen molar-refractivity contribution >= 4 is 71.4 Å². The highest BCUT2D eigenvalue weighted by Crippen LogP contribution is 2.18. The average Bonchev–Trinajstić information content (AvgIpc) is 1.73. The molecule has 552 valence electrons. The van der Waals surface area contributed by atoms with E-state index in [1.165, 1.54) is 9.36 Å². The highest BCUT2D eigenvalue weighted by Gasteiger charge is 2.13. The second-order valence-corrected chi connectivity index (χ2v) is 18.1. The number of hydrogen-bond acceptors (Lipinski definition) is 26. The summed E-state index contributed by atoms with van der Waals surface area (Å²) in [7, 11) is 0. The molecule has 8 heterocycles. The number of rotatable bonds is 18. The molecule has 32 nitrogen and oxygen atoms in total. The summed E-state index contributed by atoms with van der Waals surface area (Å²) in [6.45, 7) is 40.5. The molecule has 12 aromatic rings. The van der Waals surface area contributed by atoms with Crippen LogP contribution >= 0.6 is 0 Å². The van der Waals surface area contributed by atoms with E-state index in [4.69, 9.17) is 34.4 Å². The molecule has 0 amide bonds. The third-order valence-corrected chi connectivity index (χ3v) is 11.5. The molecule has 0 fully saturated rings. The molecule has 18 N–H and O–H groups in total. The Hall–Kier alpha value is -12.4. The van der Waals surface area contributed by atoms with E-state index in [2.05, 4.69) is 102 Å². The van der Waals surface area contributed by atoms with Crippen LogP contribution in [0.4, 0.5) is 71.4 Å². The van der Waals surface area contributed by atoms with Gasteiger partial charge in [0.05, 0.1) is 22.7 Å². The number of pyridine rings is 2. The molecule has 0 atom stereocenters. The fraction of sp³-hybridized carbons (Fsp3) is 0.343. The largest absolute Gasteiger partial charge is 0.368 e. The third-order valence-electron chi connectivity index (χ3n) is 11.5. The zero-order valence-corrected chi connectivity index (χ0v) is 62.8. The Morgan fingerprint density at radius 3 is 0.716 bits per heavy atom. The van der Waals surface area contributed by atoms with Gasteiger partial charge in [-0.1, -0.05) is 168 Å². The Morgan fingerprint density at radius 1 is 0.255 bits per heavy atom. The molecule has 102 heavy (non-hydrogen) atoms. The normalized spacial score (nSPS) is 9.35. The van der Waals surface area contributed by atoms with Gasteiger partial charge >= 0.3 is 0 Å². The van der Waals surface area contributed by atoms with Gasteiger partial charge in [0.2, 0.25) is 71.4 Å². The van der Waals surface area contributed by atoms with Crippen molar-refractivity contribution in [3.63, 3.8) is 0 Å². The van der Waals surface area contributed by atoms with E-state index < -0.39 is 0 Å². The number of anilines is 12. The Balaban J connectivity index is 0.000000593. The van der Waals surface area contributed by atoms with Crippen molar-refractivity contribution in [3.8, 4) is 34.4 Å². The number of nitrogens with zero attached hydrogens (tertiary/aromatic N) is 20. The number of nitrogens with one attached hydrogen (secondary N) is 6. The van der Waals surface area contributed by atoms with E-state index in [1.54, 1.807) is 31.1 Å². The van der Waals surface area contributed by atoms with E-state index in [0.717, 1.165) is 62.0 Å². The number of nitrogens with two attached hydrogens (primary N) is 6. The van der Waals surface area contributed by atoms with Gasteiger partial charge in [-0.05, 0) is 114 Å². The molecule has 0 saturated heterocycles. The van der Waals surface area contributed by atoms with E-state index in [-0.39, 0.29) is 11.9 Å². The number of nitrogen functional groups attached to an aromatic ring is 6. The Bertz CT molecular complexity index is 3520. The van der Waals surface area contributed by atoms with Gasteiger partial charge < -0.3 is 66.3 Å². The summed E-state index contributed by atoms with van der Waals surface area (Å²) in [5.74, 6) is 6.76. The summed E-state index contributed by atoms with van der Waals surface area (Å²) in [6.07, 6.45) is 3.37. The molecular weight excluding hydrogens is 1290 g/mol. The zero-order chi connectivity index (χ0) is 76.0. The average molecular weight is 1400 g/mol. The van der Waals surface area contributed by atoms with Crippen LogP contribution in [-0.2, 0) is 0 Å². The van der Waals surface area contributed by atoms with E-state index >= 15 is 0 Å². The number of benzene rings is 4. The molecule has 0 aliphatic heterocycles. The minimum Gasteiger partial charge on any atom is -0.368 e. The summed E-state index contributed by atoms with van der Waals surface area (Å²) < 4.78 is 9.60. The van der Waals surface area contributed by atoms with Crippen LogP contribution in [0.3, 0.4) is 0 Å². The first-order valence-corrected chi connectivity index (χ1v) is 34.7.